The van der Waals surface area contributed by atoms with Crippen LogP contribution < -0.4 is 0 Å². The van der Waals surface area contributed by atoms with Crippen LogP contribution in [0.3, 0.4) is 0 Å². The summed E-state index contributed by atoms with van der Waals surface area (Å²) in [6.45, 7) is 8.33. The molecule has 1 aromatic rings. The van der Waals surface area contributed by atoms with Gasteiger partial charge in [-0.15, -0.1) is 0 Å². The van der Waals surface area contributed by atoms with E-state index in [-0.39, 0.29) is 0 Å². The second-order valence-corrected chi connectivity index (χ2v) is 7.62. The SMILES string of the molecule is Cc1ccc(C2(CCN3C(C)CCCC3C)CCC2)cc1. The van der Waals surface area contributed by atoms with E-state index in [1.54, 1.807) is 5.56 Å². The van der Waals surface area contributed by atoms with Crippen LogP contribution in [-0.4, -0.2) is 23.5 Å². The van der Waals surface area contributed by atoms with E-state index in [1.165, 1.54) is 57.1 Å². The van der Waals surface area contributed by atoms with E-state index in [9.17, 15) is 0 Å². The fourth-order valence-electron chi connectivity index (χ4n) is 4.45. The topological polar surface area (TPSA) is 3.24 Å². The van der Waals surface area contributed by atoms with Crippen LogP contribution in [0.15, 0.2) is 24.3 Å². The maximum Gasteiger partial charge on any atom is 0.00697 e. The van der Waals surface area contributed by atoms with E-state index in [2.05, 4.69) is 49.9 Å². The molecule has 2 unspecified atom stereocenters. The van der Waals surface area contributed by atoms with E-state index in [0.29, 0.717) is 5.41 Å². The van der Waals surface area contributed by atoms with Crippen molar-refractivity contribution in [2.75, 3.05) is 6.54 Å². The number of piperidine rings is 1. The highest BCUT2D eigenvalue weighted by Crippen LogP contribution is 2.47. The molecule has 0 spiro atoms. The van der Waals surface area contributed by atoms with Gasteiger partial charge in [0.25, 0.3) is 0 Å². The lowest BCUT2D eigenvalue weighted by Crippen LogP contribution is -2.47. The van der Waals surface area contributed by atoms with Gasteiger partial charge in [0.2, 0.25) is 0 Å². The molecule has 0 bridgehead atoms. The predicted octanol–water partition coefficient (Wildman–Crippen LogP) is 5.07. The Labute approximate surface area is 130 Å². The van der Waals surface area contributed by atoms with Crippen LogP contribution in [0.2, 0.25) is 0 Å². The van der Waals surface area contributed by atoms with Crippen LogP contribution in [0.5, 0.6) is 0 Å². The zero-order valence-electron chi connectivity index (χ0n) is 14.1. The fraction of sp³-hybridized carbons (Fsp3) is 0.700. The molecule has 116 valence electrons. The highest BCUT2D eigenvalue weighted by Gasteiger charge is 2.39. The smallest absolute Gasteiger partial charge is 0.00697 e. The van der Waals surface area contributed by atoms with E-state index < -0.39 is 0 Å². The minimum Gasteiger partial charge on any atom is -0.298 e. The Morgan fingerprint density at radius 3 is 2.14 bits per heavy atom. The van der Waals surface area contributed by atoms with Crippen LogP contribution in [0.25, 0.3) is 0 Å². The molecule has 3 rings (SSSR count). The number of hydrogen-bond donors (Lipinski definition) is 0. The number of nitrogens with zero attached hydrogens (tertiary/aromatic N) is 1. The molecule has 2 aliphatic rings. The fourth-order valence-corrected chi connectivity index (χ4v) is 4.45. The first-order chi connectivity index (χ1) is 10.1. The molecule has 1 saturated heterocycles. The number of likely N-dealkylation sites (tertiary alicyclic amines) is 1. The molecule has 21 heavy (non-hydrogen) atoms. The molecule has 1 nitrogen and oxygen atoms in total. The van der Waals surface area contributed by atoms with Crippen molar-refractivity contribution in [1.29, 1.82) is 0 Å². The molecule has 0 radical (unpaired) electrons. The summed E-state index contributed by atoms with van der Waals surface area (Å²) in [7, 11) is 0. The molecule has 1 aromatic carbocycles. The largest absolute Gasteiger partial charge is 0.298 e. The number of hydrogen-bond acceptors (Lipinski definition) is 1. The van der Waals surface area contributed by atoms with E-state index in [1.807, 2.05) is 0 Å². The van der Waals surface area contributed by atoms with Crippen molar-refractivity contribution in [2.24, 2.45) is 0 Å². The molecule has 0 N–H and O–H groups in total. The summed E-state index contributed by atoms with van der Waals surface area (Å²) in [4.78, 5) is 2.78. The summed E-state index contributed by atoms with van der Waals surface area (Å²) in [6.07, 6.45) is 9.76. The van der Waals surface area contributed by atoms with Gasteiger partial charge in [0.1, 0.15) is 0 Å². The Bertz CT molecular complexity index is 447. The molecule has 1 heteroatoms. The first kappa shape index (κ1) is 15.1. The zero-order chi connectivity index (χ0) is 14.9. The van der Waals surface area contributed by atoms with Crippen molar-refractivity contribution in [1.82, 2.24) is 4.90 Å². The third-order valence-electron chi connectivity index (χ3n) is 6.20. The maximum atomic E-state index is 2.78. The van der Waals surface area contributed by atoms with Crippen molar-refractivity contribution in [2.45, 2.75) is 83.2 Å². The molecule has 2 fully saturated rings. The van der Waals surface area contributed by atoms with Gasteiger partial charge in [-0.3, -0.25) is 4.90 Å². The Kier molecular flexibility index (Phi) is 4.40. The average molecular weight is 285 g/mol. The van der Waals surface area contributed by atoms with E-state index >= 15 is 0 Å². The molecule has 1 aliphatic heterocycles. The lowest BCUT2D eigenvalue weighted by molar-refractivity contribution is 0.0805. The van der Waals surface area contributed by atoms with Gasteiger partial charge in [0.05, 0.1) is 0 Å². The second kappa shape index (κ2) is 6.12. The zero-order valence-corrected chi connectivity index (χ0v) is 14.1. The lowest BCUT2D eigenvalue weighted by atomic mass is 9.62. The van der Waals surface area contributed by atoms with Crippen molar-refractivity contribution in [3.8, 4) is 0 Å². The third-order valence-corrected chi connectivity index (χ3v) is 6.20. The highest BCUT2D eigenvalue weighted by atomic mass is 15.2. The second-order valence-electron chi connectivity index (χ2n) is 7.62. The van der Waals surface area contributed by atoms with Gasteiger partial charge < -0.3 is 0 Å². The molecular weight excluding hydrogens is 254 g/mol. The normalized spacial score (nSPS) is 29.1. The minimum absolute atomic E-state index is 0.491. The Morgan fingerprint density at radius 1 is 1.00 bits per heavy atom. The van der Waals surface area contributed by atoms with Crippen molar-refractivity contribution < 1.29 is 0 Å². The van der Waals surface area contributed by atoms with Gasteiger partial charge in [-0.25, -0.2) is 0 Å². The number of rotatable bonds is 4. The van der Waals surface area contributed by atoms with Gasteiger partial charge in [0, 0.05) is 12.1 Å². The van der Waals surface area contributed by atoms with E-state index in [0.717, 1.165) is 12.1 Å². The molecule has 0 aromatic heterocycles. The number of benzene rings is 1. The molecular formula is C20H31N. The monoisotopic (exact) mass is 285 g/mol. The third kappa shape index (κ3) is 3.04. The summed E-state index contributed by atoms with van der Waals surface area (Å²) in [5, 5.41) is 0. The van der Waals surface area contributed by atoms with Crippen molar-refractivity contribution >= 4 is 0 Å². The minimum atomic E-state index is 0.491. The first-order valence-corrected chi connectivity index (χ1v) is 8.94. The Morgan fingerprint density at radius 2 is 1.62 bits per heavy atom. The van der Waals surface area contributed by atoms with Crippen molar-refractivity contribution in [3.63, 3.8) is 0 Å². The lowest BCUT2D eigenvalue weighted by Gasteiger charge is -2.46. The van der Waals surface area contributed by atoms with Crippen LogP contribution >= 0.6 is 0 Å². The summed E-state index contributed by atoms with van der Waals surface area (Å²) in [5.74, 6) is 0. The maximum absolute atomic E-state index is 2.78. The summed E-state index contributed by atoms with van der Waals surface area (Å²) in [6, 6.07) is 10.9. The van der Waals surface area contributed by atoms with Crippen molar-refractivity contribution in [3.05, 3.63) is 35.4 Å². The number of aryl methyl sites for hydroxylation is 1. The molecule has 1 saturated carbocycles. The average Bonchev–Trinajstić information content (AvgIpc) is 2.42. The molecule has 0 amide bonds. The quantitative estimate of drug-likeness (QED) is 0.746. The Balaban J connectivity index is 1.68. The molecule has 1 aliphatic carbocycles. The van der Waals surface area contributed by atoms with Crippen LogP contribution in [-0.2, 0) is 5.41 Å². The summed E-state index contributed by atoms with van der Waals surface area (Å²) >= 11 is 0. The van der Waals surface area contributed by atoms with Gasteiger partial charge in [-0.05, 0) is 70.4 Å². The predicted molar refractivity (Wildman–Crippen MR) is 90.8 cm³/mol. The van der Waals surface area contributed by atoms with Gasteiger partial charge in [-0.1, -0.05) is 42.7 Å². The van der Waals surface area contributed by atoms with Gasteiger partial charge in [0.15, 0.2) is 0 Å². The standard InChI is InChI=1S/C20H31N/c1-16-8-10-19(11-9-16)20(12-5-13-20)14-15-21-17(2)6-4-7-18(21)3/h8-11,17-18H,4-7,12-15H2,1-3H3. The molecule has 2 atom stereocenters. The van der Waals surface area contributed by atoms with Gasteiger partial charge >= 0.3 is 0 Å². The van der Waals surface area contributed by atoms with Crippen LogP contribution in [0, 0.1) is 6.92 Å². The summed E-state index contributed by atoms with van der Waals surface area (Å²) < 4.78 is 0. The Hall–Kier alpha value is -0.820. The van der Waals surface area contributed by atoms with E-state index in [4.69, 9.17) is 0 Å². The van der Waals surface area contributed by atoms with Crippen LogP contribution in [0.4, 0.5) is 0 Å². The van der Waals surface area contributed by atoms with Gasteiger partial charge in [-0.2, -0.15) is 0 Å². The highest BCUT2D eigenvalue weighted by molar-refractivity contribution is 5.30. The van der Waals surface area contributed by atoms with Crippen LogP contribution in [0.1, 0.15) is 69.9 Å². The molecule has 1 heterocycles. The first-order valence-electron chi connectivity index (χ1n) is 8.94. The summed E-state index contributed by atoms with van der Waals surface area (Å²) in [5.41, 5.74) is 3.47.